The Hall–Kier alpha value is -0.650. The third kappa shape index (κ3) is 3.15. The summed E-state index contributed by atoms with van der Waals surface area (Å²) in [4.78, 5) is 13.7. The van der Waals surface area contributed by atoms with E-state index in [1.54, 1.807) is 0 Å². The number of hydrogen-bond donors (Lipinski definition) is 2. The number of nitrogens with one attached hydrogen (secondary N) is 1. The first kappa shape index (κ1) is 10.9. The number of hydrogen-bond acceptors (Lipinski definition) is 4. The van der Waals surface area contributed by atoms with Gasteiger partial charge in [0.05, 0.1) is 19.8 Å². The molecule has 1 aliphatic heterocycles. The van der Waals surface area contributed by atoms with E-state index in [9.17, 15) is 4.79 Å². The van der Waals surface area contributed by atoms with E-state index in [0.717, 1.165) is 19.4 Å². The Kier molecular flexibility index (Phi) is 3.56. The van der Waals surface area contributed by atoms with Crippen molar-refractivity contribution in [2.45, 2.75) is 24.9 Å². The zero-order chi connectivity index (χ0) is 10.7. The Morgan fingerprint density at radius 1 is 1.53 bits per heavy atom. The van der Waals surface area contributed by atoms with Crippen LogP contribution in [0.25, 0.3) is 0 Å². The summed E-state index contributed by atoms with van der Waals surface area (Å²) in [5.41, 5.74) is 5.63. The van der Waals surface area contributed by atoms with E-state index in [1.165, 1.54) is 0 Å². The van der Waals surface area contributed by atoms with Crippen molar-refractivity contribution >= 4 is 5.91 Å². The van der Waals surface area contributed by atoms with E-state index in [2.05, 4.69) is 10.2 Å². The highest BCUT2D eigenvalue weighted by atomic mass is 16.5. The smallest absolute Gasteiger partial charge is 0.234 e. The van der Waals surface area contributed by atoms with Crippen LogP contribution in [-0.2, 0) is 9.53 Å². The molecule has 1 amide bonds. The molecule has 15 heavy (non-hydrogen) atoms. The van der Waals surface area contributed by atoms with E-state index in [4.69, 9.17) is 10.5 Å². The van der Waals surface area contributed by atoms with Crippen LogP contribution in [0.1, 0.15) is 12.8 Å². The molecule has 0 radical (unpaired) electrons. The Bertz CT molecular complexity index is 231. The second kappa shape index (κ2) is 4.92. The molecule has 3 N–H and O–H groups in total. The fourth-order valence-corrected chi connectivity index (χ4v) is 1.80. The topological polar surface area (TPSA) is 67.6 Å². The molecule has 0 aromatic heterocycles. The van der Waals surface area contributed by atoms with Gasteiger partial charge < -0.3 is 15.8 Å². The zero-order valence-corrected chi connectivity index (χ0v) is 8.95. The molecule has 1 unspecified atom stereocenters. The molecule has 1 atom stereocenters. The number of rotatable bonds is 4. The van der Waals surface area contributed by atoms with Gasteiger partial charge in [0, 0.05) is 25.2 Å². The van der Waals surface area contributed by atoms with Gasteiger partial charge >= 0.3 is 0 Å². The average molecular weight is 213 g/mol. The van der Waals surface area contributed by atoms with E-state index in [1.807, 2.05) is 0 Å². The van der Waals surface area contributed by atoms with Crippen LogP contribution >= 0.6 is 0 Å². The Balaban J connectivity index is 1.76. The Morgan fingerprint density at radius 3 is 3.00 bits per heavy atom. The second-order valence-corrected chi connectivity index (χ2v) is 4.28. The van der Waals surface area contributed by atoms with Gasteiger partial charge in [-0.25, -0.2) is 0 Å². The number of carbonyl (C=O) groups is 1. The second-order valence-electron chi connectivity index (χ2n) is 4.28. The first-order valence-corrected chi connectivity index (χ1v) is 5.61. The normalized spacial score (nSPS) is 27.7. The maximum atomic E-state index is 11.6. The van der Waals surface area contributed by atoms with Crippen molar-refractivity contribution in [3.05, 3.63) is 0 Å². The maximum Gasteiger partial charge on any atom is 0.234 e. The molecule has 2 aliphatic rings. The summed E-state index contributed by atoms with van der Waals surface area (Å²) in [6.07, 6.45) is 2.27. The molecule has 1 heterocycles. The average Bonchev–Trinajstić information content (AvgIpc) is 3.02. The Morgan fingerprint density at radius 2 is 2.33 bits per heavy atom. The number of morpholine rings is 1. The fraction of sp³-hybridized carbons (Fsp3) is 0.900. The standard InChI is InChI=1S/C10H19N3O2/c11-5-9-7-15-4-3-13(9)6-10(14)12-8-1-2-8/h8-9H,1-7,11H2,(H,12,14). The van der Waals surface area contributed by atoms with Gasteiger partial charge in [0.2, 0.25) is 5.91 Å². The van der Waals surface area contributed by atoms with Crippen LogP contribution in [-0.4, -0.2) is 55.7 Å². The molecule has 5 nitrogen and oxygen atoms in total. The Labute approximate surface area is 89.9 Å². The highest BCUT2D eigenvalue weighted by molar-refractivity contribution is 5.78. The van der Waals surface area contributed by atoms with Crippen LogP contribution in [0.3, 0.4) is 0 Å². The molecular weight excluding hydrogens is 194 g/mol. The van der Waals surface area contributed by atoms with Gasteiger partial charge in [-0.3, -0.25) is 9.69 Å². The lowest BCUT2D eigenvalue weighted by Crippen LogP contribution is -2.52. The van der Waals surface area contributed by atoms with Crippen LogP contribution in [0, 0.1) is 0 Å². The summed E-state index contributed by atoms with van der Waals surface area (Å²) in [5, 5.41) is 2.98. The maximum absolute atomic E-state index is 11.6. The van der Waals surface area contributed by atoms with Crippen molar-refractivity contribution in [1.29, 1.82) is 0 Å². The molecule has 1 saturated heterocycles. The molecule has 1 aliphatic carbocycles. The van der Waals surface area contributed by atoms with Crippen LogP contribution in [0.15, 0.2) is 0 Å². The monoisotopic (exact) mass is 213 g/mol. The van der Waals surface area contributed by atoms with Crippen molar-refractivity contribution in [3.8, 4) is 0 Å². The first-order chi connectivity index (χ1) is 7.29. The summed E-state index contributed by atoms with van der Waals surface area (Å²) >= 11 is 0. The summed E-state index contributed by atoms with van der Waals surface area (Å²) in [5.74, 6) is 0.123. The van der Waals surface area contributed by atoms with Crippen molar-refractivity contribution < 1.29 is 9.53 Å². The summed E-state index contributed by atoms with van der Waals surface area (Å²) in [7, 11) is 0. The lowest BCUT2D eigenvalue weighted by Gasteiger charge is -2.34. The van der Waals surface area contributed by atoms with Crippen LogP contribution < -0.4 is 11.1 Å². The van der Waals surface area contributed by atoms with Crippen molar-refractivity contribution in [3.63, 3.8) is 0 Å². The number of amides is 1. The SMILES string of the molecule is NCC1COCCN1CC(=O)NC1CC1. The number of nitrogens with zero attached hydrogens (tertiary/aromatic N) is 1. The molecule has 0 spiro atoms. The minimum atomic E-state index is 0.123. The molecule has 0 aromatic rings. The lowest BCUT2D eigenvalue weighted by atomic mass is 10.2. The van der Waals surface area contributed by atoms with Gasteiger partial charge in [-0.05, 0) is 12.8 Å². The molecule has 1 saturated carbocycles. The molecular formula is C10H19N3O2. The van der Waals surface area contributed by atoms with Gasteiger partial charge in [0.1, 0.15) is 0 Å². The van der Waals surface area contributed by atoms with Crippen LogP contribution in [0.2, 0.25) is 0 Å². The van der Waals surface area contributed by atoms with Gasteiger partial charge in [0.15, 0.2) is 0 Å². The predicted molar refractivity (Wildman–Crippen MR) is 56.4 cm³/mol. The van der Waals surface area contributed by atoms with Crippen molar-refractivity contribution in [2.24, 2.45) is 5.73 Å². The molecule has 2 fully saturated rings. The summed E-state index contributed by atoms with van der Waals surface area (Å²) in [6, 6.07) is 0.638. The van der Waals surface area contributed by atoms with Gasteiger partial charge in [-0.15, -0.1) is 0 Å². The number of ether oxygens (including phenoxy) is 1. The highest BCUT2D eigenvalue weighted by Gasteiger charge is 2.27. The van der Waals surface area contributed by atoms with E-state index in [-0.39, 0.29) is 11.9 Å². The summed E-state index contributed by atoms with van der Waals surface area (Å²) < 4.78 is 5.32. The summed E-state index contributed by atoms with van der Waals surface area (Å²) in [6.45, 7) is 3.17. The minimum absolute atomic E-state index is 0.123. The number of nitrogens with two attached hydrogens (primary N) is 1. The number of carbonyl (C=O) groups excluding carboxylic acids is 1. The van der Waals surface area contributed by atoms with Crippen molar-refractivity contribution in [2.75, 3.05) is 32.8 Å². The van der Waals surface area contributed by atoms with E-state index < -0.39 is 0 Å². The quantitative estimate of drug-likeness (QED) is 0.623. The van der Waals surface area contributed by atoms with Gasteiger partial charge in [-0.1, -0.05) is 0 Å². The first-order valence-electron chi connectivity index (χ1n) is 5.61. The lowest BCUT2D eigenvalue weighted by molar-refractivity contribution is -0.124. The molecule has 0 aromatic carbocycles. The molecule has 86 valence electrons. The fourth-order valence-electron chi connectivity index (χ4n) is 1.80. The molecule has 5 heteroatoms. The third-order valence-electron chi connectivity index (χ3n) is 2.91. The van der Waals surface area contributed by atoms with E-state index >= 15 is 0 Å². The molecule has 2 rings (SSSR count). The highest BCUT2D eigenvalue weighted by Crippen LogP contribution is 2.18. The largest absolute Gasteiger partial charge is 0.378 e. The van der Waals surface area contributed by atoms with Crippen LogP contribution in [0.4, 0.5) is 0 Å². The zero-order valence-electron chi connectivity index (χ0n) is 8.95. The van der Waals surface area contributed by atoms with Crippen LogP contribution in [0.5, 0.6) is 0 Å². The third-order valence-corrected chi connectivity index (χ3v) is 2.91. The minimum Gasteiger partial charge on any atom is -0.378 e. The predicted octanol–water partition coefficient (Wildman–Crippen LogP) is -1.08. The van der Waals surface area contributed by atoms with Gasteiger partial charge in [0.25, 0.3) is 0 Å². The van der Waals surface area contributed by atoms with Crippen molar-refractivity contribution in [1.82, 2.24) is 10.2 Å². The van der Waals surface area contributed by atoms with Gasteiger partial charge in [-0.2, -0.15) is 0 Å². The van der Waals surface area contributed by atoms with E-state index in [0.29, 0.717) is 32.3 Å². The molecule has 0 bridgehead atoms.